The lowest BCUT2D eigenvalue weighted by Gasteiger charge is -2.30. The van der Waals surface area contributed by atoms with Crippen molar-refractivity contribution in [2.75, 3.05) is 24.2 Å². The first-order valence-corrected chi connectivity index (χ1v) is 12.9. The molecule has 2 amide bonds. The van der Waals surface area contributed by atoms with E-state index in [4.69, 9.17) is 0 Å². The normalized spacial score (nSPS) is 15.0. The maximum Gasteiger partial charge on any atom is 0.389 e. The fourth-order valence-corrected chi connectivity index (χ4v) is 5.01. The van der Waals surface area contributed by atoms with Crippen LogP contribution in [0.2, 0.25) is 0 Å². The Balaban J connectivity index is 1.55. The number of fused-ring (bicyclic) bond motifs is 1. The molecular formula is C30H27F4N5O2. The minimum Gasteiger partial charge on any atom is -0.356 e. The summed E-state index contributed by atoms with van der Waals surface area (Å²) in [6, 6.07) is 16.1. The lowest BCUT2D eigenvalue weighted by molar-refractivity contribution is -0.139. The second-order valence-electron chi connectivity index (χ2n) is 10.1. The largest absolute Gasteiger partial charge is 0.389 e. The average molecular weight is 566 g/mol. The quantitative estimate of drug-likeness (QED) is 0.221. The number of H-pyrrole nitrogens is 1. The van der Waals surface area contributed by atoms with Crippen molar-refractivity contribution in [3.8, 4) is 11.3 Å². The molecule has 1 aliphatic heterocycles. The van der Waals surface area contributed by atoms with Crippen LogP contribution in [0.1, 0.15) is 39.5 Å². The molecule has 1 atom stereocenters. The molecule has 3 N–H and O–H groups in total. The summed E-state index contributed by atoms with van der Waals surface area (Å²) in [6.07, 6.45) is -4.08. The molecule has 0 bridgehead atoms. The van der Waals surface area contributed by atoms with Gasteiger partial charge in [0.05, 0.1) is 29.8 Å². The maximum atomic E-state index is 13.5. The number of hydrogen-bond acceptors (Lipinski definition) is 4. The Hall–Kier alpha value is -4.67. The summed E-state index contributed by atoms with van der Waals surface area (Å²) in [5, 5.41) is 5.99. The number of rotatable bonds is 7. The third-order valence-electron chi connectivity index (χ3n) is 6.97. The molecule has 1 unspecified atom stereocenters. The molecular weight excluding hydrogens is 538 g/mol. The van der Waals surface area contributed by atoms with E-state index in [2.05, 4.69) is 20.6 Å². The number of para-hydroxylation sites is 1. The lowest BCUT2D eigenvalue weighted by atomic mass is 9.92. The SMILES string of the molecule is Cc1ccccc1Nc1c(-c2ccnc(NC(=O)Cc3ccc(F)cc3)c2)[nH]c2c1C(=O)N(C)CC2CC(F)(F)F. The van der Waals surface area contributed by atoms with Gasteiger partial charge in [0.2, 0.25) is 5.91 Å². The van der Waals surface area contributed by atoms with Crippen LogP contribution in [0.5, 0.6) is 0 Å². The number of likely N-dealkylation sites (N-methyl/N-ethyl adjacent to an activating group) is 1. The van der Waals surface area contributed by atoms with E-state index in [1.54, 1.807) is 12.1 Å². The van der Waals surface area contributed by atoms with Crippen LogP contribution >= 0.6 is 0 Å². The van der Waals surface area contributed by atoms with Gasteiger partial charge in [-0.1, -0.05) is 30.3 Å². The number of benzene rings is 2. The number of alkyl halides is 3. The van der Waals surface area contributed by atoms with Crippen molar-refractivity contribution >= 4 is 29.0 Å². The average Bonchev–Trinajstić information content (AvgIpc) is 3.29. The van der Waals surface area contributed by atoms with Crippen molar-refractivity contribution in [2.45, 2.75) is 31.9 Å². The molecule has 41 heavy (non-hydrogen) atoms. The van der Waals surface area contributed by atoms with Gasteiger partial charge >= 0.3 is 6.18 Å². The summed E-state index contributed by atoms with van der Waals surface area (Å²) in [7, 11) is 1.49. The van der Waals surface area contributed by atoms with Gasteiger partial charge in [-0.3, -0.25) is 9.59 Å². The van der Waals surface area contributed by atoms with E-state index in [1.807, 2.05) is 31.2 Å². The number of aromatic nitrogens is 2. The molecule has 212 valence electrons. The van der Waals surface area contributed by atoms with E-state index in [0.717, 1.165) is 5.56 Å². The van der Waals surface area contributed by atoms with Crippen LogP contribution in [0.4, 0.5) is 34.8 Å². The molecule has 0 spiro atoms. The predicted molar refractivity (Wildman–Crippen MR) is 148 cm³/mol. The number of nitrogens with one attached hydrogen (secondary N) is 3. The number of pyridine rings is 1. The fraction of sp³-hybridized carbons (Fsp3) is 0.233. The summed E-state index contributed by atoms with van der Waals surface area (Å²) >= 11 is 0. The number of carbonyl (C=O) groups excluding carboxylic acids is 2. The van der Waals surface area contributed by atoms with Crippen molar-refractivity contribution in [1.29, 1.82) is 0 Å². The predicted octanol–water partition coefficient (Wildman–Crippen LogP) is 6.57. The zero-order chi connectivity index (χ0) is 29.3. The Bertz CT molecular complexity index is 1600. The Morgan fingerprint density at radius 2 is 1.85 bits per heavy atom. The smallest absolute Gasteiger partial charge is 0.356 e. The highest BCUT2D eigenvalue weighted by Crippen LogP contribution is 2.44. The highest BCUT2D eigenvalue weighted by Gasteiger charge is 2.41. The van der Waals surface area contributed by atoms with E-state index in [1.165, 1.54) is 42.4 Å². The van der Waals surface area contributed by atoms with Crippen LogP contribution in [0.3, 0.4) is 0 Å². The number of anilines is 3. The summed E-state index contributed by atoms with van der Waals surface area (Å²) in [5.74, 6) is -1.98. The molecule has 0 aliphatic carbocycles. The number of carbonyl (C=O) groups is 2. The monoisotopic (exact) mass is 565 g/mol. The van der Waals surface area contributed by atoms with Gasteiger partial charge in [-0.25, -0.2) is 9.37 Å². The standard InChI is InChI=1S/C30H27F4N5O2/c1-17-5-3-4-6-22(17)36-28-25-26(20(15-30(32,33)34)16-39(2)29(25)41)38-27(28)19-11-12-35-23(14-19)37-24(40)13-18-7-9-21(31)10-8-18/h3-12,14,20,36,38H,13,15-16H2,1-2H3,(H,35,37,40). The minimum absolute atomic E-state index is 0.0109. The fourth-order valence-electron chi connectivity index (χ4n) is 5.01. The number of aromatic amines is 1. The van der Waals surface area contributed by atoms with Gasteiger partial charge in [0, 0.05) is 42.7 Å². The van der Waals surface area contributed by atoms with Crippen molar-refractivity contribution < 1.29 is 27.2 Å². The van der Waals surface area contributed by atoms with E-state index < -0.39 is 30.2 Å². The molecule has 5 rings (SSSR count). The van der Waals surface area contributed by atoms with Gasteiger partial charge in [-0.15, -0.1) is 0 Å². The first kappa shape index (κ1) is 27.9. The Labute approximate surface area is 233 Å². The van der Waals surface area contributed by atoms with Crippen LogP contribution in [0.25, 0.3) is 11.3 Å². The van der Waals surface area contributed by atoms with Gasteiger partial charge < -0.3 is 20.5 Å². The van der Waals surface area contributed by atoms with Crippen LogP contribution in [0, 0.1) is 12.7 Å². The lowest BCUT2D eigenvalue weighted by Crippen LogP contribution is -2.38. The van der Waals surface area contributed by atoms with Gasteiger partial charge in [-0.05, 0) is 48.4 Å². The second-order valence-corrected chi connectivity index (χ2v) is 10.1. The number of hydrogen-bond donors (Lipinski definition) is 3. The van der Waals surface area contributed by atoms with E-state index in [9.17, 15) is 27.2 Å². The number of amides is 2. The summed E-state index contributed by atoms with van der Waals surface area (Å²) < 4.78 is 53.8. The highest BCUT2D eigenvalue weighted by molar-refractivity contribution is 6.06. The molecule has 1 aliphatic rings. The molecule has 0 radical (unpaired) electrons. The zero-order valence-corrected chi connectivity index (χ0v) is 22.3. The Kier molecular flexibility index (Phi) is 7.53. The zero-order valence-electron chi connectivity index (χ0n) is 22.3. The molecule has 3 heterocycles. The van der Waals surface area contributed by atoms with Crippen LogP contribution in [-0.4, -0.2) is 46.5 Å². The van der Waals surface area contributed by atoms with Gasteiger partial charge in [-0.2, -0.15) is 13.2 Å². The van der Waals surface area contributed by atoms with Crippen LogP contribution in [-0.2, 0) is 11.2 Å². The molecule has 0 saturated heterocycles. The van der Waals surface area contributed by atoms with Crippen LogP contribution < -0.4 is 10.6 Å². The summed E-state index contributed by atoms with van der Waals surface area (Å²) in [4.78, 5) is 34.7. The number of nitrogens with zero attached hydrogens (tertiary/aromatic N) is 2. The third-order valence-corrected chi connectivity index (χ3v) is 6.97. The Morgan fingerprint density at radius 1 is 1.12 bits per heavy atom. The second kappa shape index (κ2) is 11.1. The number of halogens is 4. The summed E-state index contributed by atoms with van der Waals surface area (Å²) in [6.45, 7) is 1.79. The maximum absolute atomic E-state index is 13.5. The minimum atomic E-state index is -4.43. The van der Waals surface area contributed by atoms with E-state index in [0.29, 0.717) is 28.2 Å². The Morgan fingerprint density at radius 3 is 2.56 bits per heavy atom. The van der Waals surface area contributed by atoms with Crippen LogP contribution in [0.15, 0.2) is 66.9 Å². The number of aryl methyl sites for hydroxylation is 1. The van der Waals surface area contributed by atoms with Gasteiger partial charge in [0.15, 0.2) is 0 Å². The highest BCUT2D eigenvalue weighted by atomic mass is 19.4. The molecule has 2 aromatic carbocycles. The van der Waals surface area contributed by atoms with E-state index >= 15 is 0 Å². The molecule has 0 saturated carbocycles. The molecule has 11 heteroatoms. The third kappa shape index (κ3) is 6.24. The first-order valence-electron chi connectivity index (χ1n) is 12.9. The molecule has 2 aromatic heterocycles. The molecule has 4 aromatic rings. The topological polar surface area (TPSA) is 90.1 Å². The van der Waals surface area contributed by atoms with Crippen molar-refractivity contribution in [3.63, 3.8) is 0 Å². The summed E-state index contributed by atoms with van der Waals surface area (Å²) in [5.41, 5.74) is 3.76. The molecule has 7 nitrogen and oxygen atoms in total. The van der Waals surface area contributed by atoms with Crippen molar-refractivity contribution in [2.24, 2.45) is 0 Å². The molecule has 0 fully saturated rings. The van der Waals surface area contributed by atoms with Crippen molar-refractivity contribution in [1.82, 2.24) is 14.9 Å². The first-order chi connectivity index (χ1) is 19.5. The van der Waals surface area contributed by atoms with E-state index in [-0.39, 0.29) is 35.9 Å². The van der Waals surface area contributed by atoms with Crippen molar-refractivity contribution in [3.05, 3.63) is 95.1 Å². The van der Waals surface area contributed by atoms with Gasteiger partial charge in [0.25, 0.3) is 5.91 Å². The van der Waals surface area contributed by atoms with Gasteiger partial charge in [0.1, 0.15) is 11.6 Å².